The second kappa shape index (κ2) is 7.14. The molecule has 4 N–H and O–H groups in total. The highest BCUT2D eigenvalue weighted by molar-refractivity contribution is 7.87. The highest BCUT2D eigenvalue weighted by atomic mass is 35.5. The zero-order chi connectivity index (χ0) is 16.4. The third kappa shape index (κ3) is 4.21. The van der Waals surface area contributed by atoms with Gasteiger partial charge >= 0.3 is 0 Å². The van der Waals surface area contributed by atoms with Crippen LogP contribution in [0, 0.1) is 0 Å². The van der Waals surface area contributed by atoms with Crippen molar-refractivity contribution in [3.63, 3.8) is 0 Å². The number of nitrogens with two attached hydrogens (primary N) is 1. The highest BCUT2D eigenvalue weighted by Crippen LogP contribution is 2.26. The molecule has 0 radical (unpaired) electrons. The van der Waals surface area contributed by atoms with Gasteiger partial charge in [-0.2, -0.15) is 13.1 Å². The lowest BCUT2D eigenvalue weighted by Crippen LogP contribution is -2.30. The molecule has 126 valence electrons. The molecular formula is C16H16ClN3O3S. The summed E-state index contributed by atoms with van der Waals surface area (Å²) in [5.41, 5.74) is 2.94. The number of H-pyrrole nitrogens is 1. The van der Waals surface area contributed by atoms with Crippen LogP contribution in [0.4, 0.5) is 0 Å². The molecule has 0 atom stereocenters. The summed E-state index contributed by atoms with van der Waals surface area (Å²) in [6, 6.07) is 16.4. The molecule has 2 aromatic carbocycles. The number of halogens is 1. The van der Waals surface area contributed by atoms with E-state index in [2.05, 4.69) is 9.71 Å². The molecule has 0 aliphatic heterocycles. The lowest BCUT2D eigenvalue weighted by molar-refractivity contribution is 0.583. The summed E-state index contributed by atoms with van der Waals surface area (Å²) in [4.78, 5) is 14.7. The summed E-state index contributed by atoms with van der Waals surface area (Å²) in [7, 11) is -3.75. The number of hydrogen-bond donors (Lipinski definition) is 3. The van der Waals surface area contributed by atoms with Crippen LogP contribution < -0.4 is 15.4 Å². The van der Waals surface area contributed by atoms with E-state index in [1.165, 1.54) is 6.07 Å². The fourth-order valence-corrected chi connectivity index (χ4v) is 2.84. The van der Waals surface area contributed by atoms with Crippen molar-refractivity contribution in [2.75, 3.05) is 0 Å². The number of hydrogen-bond acceptors (Lipinski definition) is 3. The first-order valence-electron chi connectivity index (χ1n) is 6.91. The quantitative estimate of drug-likeness (QED) is 0.657. The third-order valence-electron chi connectivity index (χ3n) is 3.47. The predicted octanol–water partition coefficient (Wildman–Crippen LogP) is 1.91. The molecule has 24 heavy (non-hydrogen) atoms. The maximum Gasteiger partial charge on any atom is 0.274 e. The molecule has 1 heterocycles. The predicted molar refractivity (Wildman–Crippen MR) is 97.2 cm³/mol. The Balaban J connectivity index is 0.00000208. The van der Waals surface area contributed by atoms with Gasteiger partial charge in [0.1, 0.15) is 0 Å². The van der Waals surface area contributed by atoms with E-state index in [1.807, 2.05) is 42.5 Å². The van der Waals surface area contributed by atoms with E-state index >= 15 is 0 Å². The minimum absolute atomic E-state index is 0. The fraction of sp³-hybridized carbons (Fsp3) is 0.0625. The van der Waals surface area contributed by atoms with Crippen LogP contribution in [0.25, 0.3) is 22.0 Å². The summed E-state index contributed by atoms with van der Waals surface area (Å²) in [5, 5.41) is 5.86. The number of para-hydroxylation sites is 1. The molecule has 0 saturated heterocycles. The molecule has 0 saturated carbocycles. The minimum atomic E-state index is -3.75. The number of fused-ring (bicyclic) bond motifs is 1. The third-order valence-corrected chi connectivity index (χ3v) is 4.01. The molecule has 0 aliphatic carbocycles. The molecule has 0 unspecified atom stereocenters. The van der Waals surface area contributed by atoms with Gasteiger partial charge < -0.3 is 4.98 Å². The van der Waals surface area contributed by atoms with Crippen molar-refractivity contribution in [3.05, 3.63) is 70.5 Å². The lowest BCUT2D eigenvalue weighted by Gasteiger charge is -2.09. The topological polar surface area (TPSA) is 105 Å². The number of aromatic amines is 1. The molecule has 8 heteroatoms. The van der Waals surface area contributed by atoms with Crippen molar-refractivity contribution >= 4 is 33.5 Å². The number of aromatic nitrogens is 1. The van der Waals surface area contributed by atoms with Gasteiger partial charge in [-0.3, -0.25) is 4.79 Å². The molecule has 0 amide bonds. The number of rotatable bonds is 4. The summed E-state index contributed by atoms with van der Waals surface area (Å²) in [6.07, 6.45) is 0. The van der Waals surface area contributed by atoms with Crippen LogP contribution in [0.15, 0.2) is 59.4 Å². The molecule has 3 aromatic rings. The SMILES string of the molecule is Cl.NS(=O)(=O)NCc1cccc(-c2cc(=O)[nH]c3ccccc23)c1. The average Bonchev–Trinajstić information content (AvgIpc) is 2.52. The van der Waals surface area contributed by atoms with Gasteiger partial charge in [-0.05, 0) is 28.8 Å². The molecule has 3 rings (SSSR count). The maximum atomic E-state index is 11.9. The van der Waals surface area contributed by atoms with E-state index in [4.69, 9.17) is 5.14 Å². The van der Waals surface area contributed by atoms with Gasteiger partial charge in [0.15, 0.2) is 0 Å². The van der Waals surface area contributed by atoms with E-state index in [9.17, 15) is 13.2 Å². The van der Waals surface area contributed by atoms with Crippen LogP contribution in [0.3, 0.4) is 0 Å². The van der Waals surface area contributed by atoms with Crippen LogP contribution in [0.1, 0.15) is 5.56 Å². The van der Waals surface area contributed by atoms with Crippen molar-refractivity contribution in [3.8, 4) is 11.1 Å². The second-order valence-corrected chi connectivity index (χ2v) is 6.54. The molecule has 0 aliphatic rings. The van der Waals surface area contributed by atoms with Crippen molar-refractivity contribution in [2.24, 2.45) is 5.14 Å². The largest absolute Gasteiger partial charge is 0.322 e. The van der Waals surface area contributed by atoms with Crippen LogP contribution in [-0.2, 0) is 16.8 Å². The Labute approximate surface area is 145 Å². The van der Waals surface area contributed by atoms with Crippen molar-refractivity contribution in [2.45, 2.75) is 6.54 Å². The van der Waals surface area contributed by atoms with E-state index in [0.717, 1.165) is 27.6 Å². The van der Waals surface area contributed by atoms with Gasteiger partial charge in [0.2, 0.25) is 5.56 Å². The van der Waals surface area contributed by atoms with Gasteiger partial charge in [-0.1, -0.05) is 36.4 Å². The van der Waals surface area contributed by atoms with E-state index in [1.54, 1.807) is 6.07 Å². The van der Waals surface area contributed by atoms with Gasteiger partial charge in [-0.15, -0.1) is 12.4 Å². The van der Waals surface area contributed by atoms with Gasteiger partial charge in [0.05, 0.1) is 0 Å². The molecule has 0 spiro atoms. The Kier molecular flexibility index (Phi) is 5.40. The summed E-state index contributed by atoms with van der Waals surface area (Å²) < 4.78 is 24.2. The normalized spacial score (nSPS) is 11.2. The standard InChI is InChI=1S/C16H15N3O3S.ClH/c17-23(21,22)18-10-11-4-3-5-12(8-11)14-9-16(20)19-15-7-2-1-6-13(14)15;/h1-9,18H,10H2,(H,19,20)(H2,17,21,22);1H. The summed E-state index contributed by atoms with van der Waals surface area (Å²) in [6.45, 7) is 0.0911. The van der Waals surface area contributed by atoms with Crippen molar-refractivity contribution in [1.82, 2.24) is 9.71 Å². The number of nitrogens with one attached hydrogen (secondary N) is 2. The Bertz CT molecular complexity index is 1030. The Hall–Kier alpha value is -2.19. The smallest absolute Gasteiger partial charge is 0.274 e. The first-order valence-corrected chi connectivity index (χ1v) is 8.46. The molecule has 1 aromatic heterocycles. The Morgan fingerprint density at radius 1 is 1.04 bits per heavy atom. The molecule has 6 nitrogen and oxygen atoms in total. The van der Waals surface area contributed by atoms with Crippen LogP contribution >= 0.6 is 12.4 Å². The van der Waals surface area contributed by atoms with Crippen molar-refractivity contribution in [1.29, 1.82) is 0 Å². The number of benzene rings is 2. The summed E-state index contributed by atoms with van der Waals surface area (Å²) in [5.74, 6) is 0. The lowest BCUT2D eigenvalue weighted by atomic mass is 9.99. The monoisotopic (exact) mass is 365 g/mol. The van der Waals surface area contributed by atoms with E-state index in [-0.39, 0.29) is 24.5 Å². The van der Waals surface area contributed by atoms with Gasteiger partial charge in [0.25, 0.3) is 10.2 Å². The first-order chi connectivity index (χ1) is 10.9. The van der Waals surface area contributed by atoms with Crippen LogP contribution in [0.5, 0.6) is 0 Å². The Morgan fingerprint density at radius 3 is 2.54 bits per heavy atom. The molecule has 0 fully saturated rings. The average molecular weight is 366 g/mol. The van der Waals surface area contributed by atoms with Gasteiger partial charge in [0, 0.05) is 23.5 Å². The minimum Gasteiger partial charge on any atom is -0.322 e. The zero-order valence-electron chi connectivity index (χ0n) is 12.5. The zero-order valence-corrected chi connectivity index (χ0v) is 14.2. The first kappa shape index (κ1) is 18.2. The van der Waals surface area contributed by atoms with E-state index in [0.29, 0.717) is 0 Å². The number of pyridine rings is 1. The second-order valence-electron chi connectivity index (χ2n) is 5.16. The fourth-order valence-electron chi connectivity index (χ4n) is 2.48. The van der Waals surface area contributed by atoms with Crippen LogP contribution in [-0.4, -0.2) is 13.4 Å². The maximum absolute atomic E-state index is 11.9. The molecular weight excluding hydrogens is 350 g/mol. The Morgan fingerprint density at radius 2 is 1.79 bits per heavy atom. The van der Waals surface area contributed by atoms with E-state index < -0.39 is 10.2 Å². The molecule has 0 bridgehead atoms. The highest BCUT2D eigenvalue weighted by Gasteiger charge is 2.07. The summed E-state index contributed by atoms with van der Waals surface area (Å²) >= 11 is 0. The van der Waals surface area contributed by atoms with Gasteiger partial charge in [-0.25, -0.2) is 5.14 Å². The van der Waals surface area contributed by atoms with Crippen molar-refractivity contribution < 1.29 is 8.42 Å². The van der Waals surface area contributed by atoms with Crippen LogP contribution in [0.2, 0.25) is 0 Å².